The van der Waals surface area contributed by atoms with Crippen LogP contribution in [-0.2, 0) is 43.9 Å². The van der Waals surface area contributed by atoms with Crippen LogP contribution in [0.5, 0.6) is 5.75 Å². The lowest BCUT2D eigenvalue weighted by molar-refractivity contribution is -0.120. The van der Waals surface area contributed by atoms with E-state index in [0.29, 0.717) is 146 Å². The van der Waals surface area contributed by atoms with Crippen molar-refractivity contribution in [3.63, 3.8) is 0 Å². The predicted molar refractivity (Wildman–Crippen MR) is 334 cm³/mol. The molecule has 0 aliphatic carbocycles. The second kappa shape index (κ2) is 25.9. The number of hydrogen-bond donors (Lipinski definition) is 1. The van der Waals surface area contributed by atoms with Crippen LogP contribution in [0.3, 0.4) is 0 Å². The van der Waals surface area contributed by atoms with E-state index in [1.165, 1.54) is 18.2 Å². The minimum atomic E-state index is -1.04. The second-order valence-corrected chi connectivity index (χ2v) is 24.8. The Bertz CT molecular complexity index is 3560. The van der Waals surface area contributed by atoms with Crippen LogP contribution >= 0.6 is 23.2 Å². The Hall–Kier alpha value is -7.40. The number of aliphatic imine (C=N–C) groups is 1. The van der Waals surface area contributed by atoms with Gasteiger partial charge in [0, 0.05) is 86.5 Å². The average Bonchev–Trinajstić information content (AvgIpc) is 1.58. The number of ketones is 1. The number of halogens is 3. The fourth-order valence-electron chi connectivity index (χ4n) is 12.5. The first-order valence-corrected chi connectivity index (χ1v) is 30.4. The van der Waals surface area contributed by atoms with Crippen molar-refractivity contribution >= 4 is 64.1 Å². The summed E-state index contributed by atoms with van der Waals surface area (Å²) < 4.78 is 34.6. The third kappa shape index (κ3) is 12.4. The number of hydrogen-bond acceptors (Lipinski definition) is 12. The van der Waals surface area contributed by atoms with Gasteiger partial charge in [-0.1, -0.05) is 80.9 Å². The fourth-order valence-corrected chi connectivity index (χ4v) is 12.7. The molecule has 2 N–H and O–H groups in total. The van der Waals surface area contributed by atoms with Crippen molar-refractivity contribution in [3.05, 3.63) is 164 Å². The van der Waals surface area contributed by atoms with Gasteiger partial charge in [-0.3, -0.25) is 24.4 Å². The lowest BCUT2D eigenvalue weighted by Gasteiger charge is -2.47. The number of aromatic nitrogens is 3. The molecule has 4 aromatic carbocycles. The van der Waals surface area contributed by atoms with Crippen LogP contribution in [-0.4, -0.2) is 137 Å². The molecule has 86 heavy (non-hydrogen) atoms. The van der Waals surface area contributed by atoms with Gasteiger partial charge in [0.25, 0.3) is 11.7 Å². The Kier molecular flexibility index (Phi) is 18.6. The third-order valence-corrected chi connectivity index (χ3v) is 17.9. The van der Waals surface area contributed by atoms with E-state index in [1.807, 2.05) is 77.4 Å². The summed E-state index contributed by atoms with van der Waals surface area (Å²) in [5, 5.41) is 6.05. The molecule has 2 fully saturated rings. The number of Topliss-reactive ketones (excluding diaryl/α,β-unsaturated/α-hetero) is 1. The number of ether oxygens (including phenoxy) is 3. The first kappa shape index (κ1) is 61.7. The van der Waals surface area contributed by atoms with Crippen LogP contribution < -0.4 is 15.4 Å². The molecular weight excluding hydrogens is 1130 g/mol. The van der Waals surface area contributed by atoms with Crippen molar-refractivity contribution in [2.45, 2.75) is 109 Å². The predicted octanol–water partition coefficient (Wildman–Crippen LogP) is 12.3. The molecule has 452 valence electrons. The van der Waals surface area contributed by atoms with E-state index in [9.17, 15) is 14.0 Å². The van der Waals surface area contributed by atoms with Crippen molar-refractivity contribution in [2.24, 2.45) is 4.99 Å². The average molecular weight is 1210 g/mol. The van der Waals surface area contributed by atoms with Crippen LogP contribution in [0.2, 0.25) is 10.0 Å². The van der Waals surface area contributed by atoms with Crippen LogP contribution in [0, 0.1) is 12.4 Å². The number of carbonyl (C=O) groups is 3. The van der Waals surface area contributed by atoms with Crippen molar-refractivity contribution in [2.75, 3.05) is 90.0 Å². The smallest absolute Gasteiger partial charge is 0.326 e. The highest BCUT2D eigenvalue weighted by atomic mass is 35.5. The van der Waals surface area contributed by atoms with E-state index >= 15 is 4.79 Å². The molecular formula is C66H76Cl2FN11O6. The number of nitrogen functional groups attached to an aromatic ring is 1. The van der Waals surface area contributed by atoms with Gasteiger partial charge >= 0.3 is 6.03 Å². The highest BCUT2D eigenvalue weighted by Gasteiger charge is 2.60. The number of urea groups is 1. The van der Waals surface area contributed by atoms with Crippen molar-refractivity contribution in [3.8, 4) is 16.9 Å². The zero-order chi connectivity index (χ0) is 61.1. The highest BCUT2D eigenvalue weighted by Crippen LogP contribution is 2.54. The van der Waals surface area contributed by atoms with Crippen LogP contribution in [0.15, 0.2) is 102 Å². The molecule has 6 heterocycles. The number of fused-ring (bicyclic) bond motifs is 8. The Balaban J connectivity index is 0.721. The molecule has 10 rings (SSSR count). The van der Waals surface area contributed by atoms with E-state index in [2.05, 4.69) is 66.4 Å². The first-order valence-electron chi connectivity index (χ1n) is 29.7. The molecule has 3 atom stereocenters. The number of benzene rings is 4. The number of amidine groups is 1. The van der Waals surface area contributed by atoms with Gasteiger partial charge in [-0.15, -0.1) is 5.10 Å². The number of pyridine rings is 1. The maximum absolute atomic E-state index is 15.5. The molecule has 3 amide bonds. The van der Waals surface area contributed by atoms with Gasteiger partial charge in [0.2, 0.25) is 0 Å². The molecule has 4 aliphatic rings. The minimum absolute atomic E-state index is 0.0234. The lowest BCUT2D eigenvalue weighted by Crippen LogP contribution is -2.60. The zero-order valence-corrected chi connectivity index (χ0v) is 51.7. The Morgan fingerprint density at radius 1 is 0.849 bits per heavy atom. The molecule has 17 nitrogen and oxygen atoms in total. The molecule has 6 aromatic rings. The van der Waals surface area contributed by atoms with Crippen molar-refractivity contribution in [1.82, 2.24) is 34.4 Å². The number of nitrogens with zero attached hydrogens (tertiary/aromatic N) is 10. The summed E-state index contributed by atoms with van der Waals surface area (Å²) in [5.41, 5.74) is 11.2. The summed E-state index contributed by atoms with van der Waals surface area (Å²) in [7, 11) is 1.67. The van der Waals surface area contributed by atoms with E-state index in [-0.39, 0.29) is 61.0 Å². The number of rotatable bonds is 18. The molecule has 4 aliphatic heterocycles. The molecule has 0 unspecified atom stereocenters. The second-order valence-electron chi connectivity index (χ2n) is 23.9. The van der Waals surface area contributed by atoms with Crippen molar-refractivity contribution < 1.29 is 33.0 Å². The number of amides is 3. The Labute approximate surface area is 513 Å². The number of aryl methyl sites for hydroxylation is 1. The van der Waals surface area contributed by atoms with Gasteiger partial charge in [-0.2, -0.15) is 4.68 Å². The Morgan fingerprint density at radius 2 is 1.53 bits per heavy atom. The summed E-state index contributed by atoms with van der Waals surface area (Å²) in [6, 6.07) is 27.3. The molecule has 0 saturated carbocycles. The SMILES string of the molecule is [C-]#[N+]c1c2c(nn1CCCC(=O)CCOCCOCCN1CCN(C(=O)N3C(c4ccc(C(C)(C)C)cc4OCC)=N[C@@](C)(c4ccc(Cl)cc4)[C@@]3(C)c3ccc(Cl)cc3)CC1)CN(C)C(=O)c1ccc(F)cc1[C@H]1CCCN1c1cc-2cnc1N. The van der Waals surface area contributed by atoms with Crippen LogP contribution in [0.25, 0.3) is 16.0 Å². The van der Waals surface area contributed by atoms with Crippen molar-refractivity contribution in [1.29, 1.82) is 0 Å². The first-order chi connectivity index (χ1) is 41.2. The molecule has 2 saturated heterocycles. The standard InChI is InChI=1S/C66H76Cl2FN11O6/c1-9-86-57-39-46(64(2,3)4)18-24-52(57)60-73-65(5,44-14-19-47(67)20-15-44)66(6,45-16-21-48(68)22-17-45)80(60)63(83)77-31-29-76(30-32-77)33-35-85-37-36-84-34-26-50(81)12-10-28-79-61(71-7)58-43-38-56(59(70)72-41-43)78-27-11-13-55(78)53-40-49(69)23-25-51(53)62(82)75(8)42-54(58)74-79/h14-25,38-41,55H,9-13,26-37,42H2,1-6,8H3,(H2,70,72)/t55-,65+,66-/m1/s1. The van der Waals surface area contributed by atoms with Gasteiger partial charge in [-0.25, -0.2) is 14.2 Å². The number of piperazine rings is 1. The van der Waals surface area contributed by atoms with Gasteiger partial charge in [0.15, 0.2) is 0 Å². The summed E-state index contributed by atoms with van der Waals surface area (Å²) in [4.78, 5) is 66.5. The van der Waals surface area contributed by atoms with E-state index in [4.69, 9.17) is 59.8 Å². The molecule has 2 aromatic heterocycles. The summed E-state index contributed by atoms with van der Waals surface area (Å²) in [6.07, 6.45) is 4.05. The monoisotopic (exact) mass is 1210 g/mol. The van der Waals surface area contributed by atoms with E-state index in [1.54, 1.807) is 22.8 Å². The fraction of sp³-hybridized carbons (Fsp3) is 0.439. The van der Waals surface area contributed by atoms with Gasteiger partial charge < -0.3 is 39.5 Å². The topological polar surface area (TPSA) is 169 Å². The highest BCUT2D eigenvalue weighted by molar-refractivity contribution is 6.30. The summed E-state index contributed by atoms with van der Waals surface area (Å²) in [5.74, 6) is 1.06. The van der Waals surface area contributed by atoms with Gasteiger partial charge in [0.05, 0.1) is 63.4 Å². The number of nitrogens with two attached hydrogens (primary N) is 1. The largest absolute Gasteiger partial charge is 0.493 e. The van der Waals surface area contributed by atoms with Crippen LogP contribution in [0.1, 0.15) is 124 Å². The molecule has 20 heteroatoms. The maximum Gasteiger partial charge on any atom is 0.326 e. The third-order valence-electron chi connectivity index (χ3n) is 17.4. The van der Waals surface area contributed by atoms with E-state index in [0.717, 1.165) is 28.7 Å². The maximum atomic E-state index is 15.5. The summed E-state index contributed by atoms with van der Waals surface area (Å²) in [6.45, 7) is 26.7. The number of carbonyl (C=O) groups excluding carboxylic acids is 3. The minimum Gasteiger partial charge on any atom is -0.493 e. The lowest BCUT2D eigenvalue weighted by atomic mass is 9.71. The Morgan fingerprint density at radius 3 is 2.22 bits per heavy atom. The van der Waals surface area contributed by atoms with Gasteiger partial charge in [0.1, 0.15) is 45.8 Å². The van der Waals surface area contributed by atoms with Crippen LogP contribution in [0.4, 0.5) is 26.5 Å². The van der Waals surface area contributed by atoms with Gasteiger partial charge in [-0.05, 0) is 134 Å². The molecule has 0 spiro atoms. The molecule has 0 radical (unpaired) electrons. The molecule has 2 bridgehead atoms. The van der Waals surface area contributed by atoms with E-state index < -0.39 is 16.9 Å². The summed E-state index contributed by atoms with van der Waals surface area (Å²) >= 11 is 13.0. The number of anilines is 2. The normalized spacial score (nSPS) is 19.8. The zero-order valence-electron chi connectivity index (χ0n) is 50.2. The quantitative estimate of drug-likeness (QED) is 0.0642.